The molecule has 0 radical (unpaired) electrons. The van der Waals surface area contributed by atoms with E-state index in [9.17, 15) is 9.59 Å². The molecule has 7 heteroatoms. The van der Waals surface area contributed by atoms with Crippen LogP contribution in [0.5, 0.6) is 0 Å². The molecule has 2 aromatic rings. The van der Waals surface area contributed by atoms with Gasteiger partial charge in [-0.15, -0.1) is 0 Å². The summed E-state index contributed by atoms with van der Waals surface area (Å²) in [5.74, 6) is 0.298. The number of para-hydroxylation sites is 1. The summed E-state index contributed by atoms with van der Waals surface area (Å²) in [5, 5.41) is 5.44. The first-order valence-corrected chi connectivity index (χ1v) is 9.62. The molecule has 7 nitrogen and oxygen atoms in total. The van der Waals surface area contributed by atoms with E-state index < -0.39 is 0 Å². The predicted octanol–water partition coefficient (Wildman–Crippen LogP) is 1.19. The van der Waals surface area contributed by atoms with Crippen LogP contribution in [0.2, 0.25) is 0 Å². The number of carbonyl (C=O) groups is 2. The maximum absolute atomic E-state index is 13.0. The van der Waals surface area contributed by atoms with Gasteiger partial charge in [0.15, 0.2) is 0 Å². The molecule has 1 aromatic carbocycles. The van der Waals surface area contributed by atoms with Crippen molar-refractivity contribution in [1.29, 1.82) is 0 Å². The molecule has 1 spiro atoms. The number of carbonyl (C=O) groups excluding carboxylic acids is 2. The van der Waals surface area contributed by atoms with Gasteiger partial charge in [0.25, 0.3) is 0 Å². The molecule has 4 rings (SSSR count). The van der Waals surface area contributed by atoms with Gasteiger partial charge in [-0.3, -0.25) is 19.2 Å². The summed E-state index contributed by atoms with van der Waals surface area (Å²) in [4.78, 5) is 31.3. The highest BCUT2D eigenvalue weighted by molar-refractivity contribution is 5.82. The molecular formula is C20H27N5O2. The van der Waals surface area contributed by atoms with Crippen LogP contribution in [0.1, 0.15) is 19.3 Å². The van der Waals surface area contributed by atoms with Gasteiger partial charge in [-0.05, 0) is 26.0 Å². The average Bonchev–Trinajstić information content (AvgIpc) is 3.02. The van der Waals surface area contributed by atoms with Gasteiger partial charge in [-0.1, -0.05) is 18.2 Å². The second kappa shape index (κ2) is 6.96. The van der Waals surface area contributed by atoms with Gasteiger partial charge in [-0.25, -0.2) is 0 Å². The molecule has 2 aliphatic heterocycles. The molecule has 144 valence electrons. The maximum Gasteiger partial charge on any atom is 0.244 e. The number of piperazine rings is 1. The summed E-state index contributed by atoms with van der Waals surface area (Å²) in [7, 11) is 3.99. The Balaban J connectivity index is 1.50. The molecule has 2 saturated heterocycles. The number of aromatic nitrogens is 2. The van der Waals surface area contributed by atoms with Crippen LogP contribution in [0.3, 0.4) is 0 Å². The minimum absolute atomic E-state index is 0.0975. The van der Waals surface area contributed by atoms with Crippen molar-refractivity contribution in [3.63, 3.8) is 0 Å². The lowest BCUT2D eigenvalue weighted by Crippen LogP contribution is -2.62. The Morgan fingerprint density at radius 2 is 1.96 bits per heavy atom. The average molecular weight is 369 g/mol. The third kappa shape index (κ3) is 3.32. The Labute approximate surface area is 159 Å². The smallest absolute Gasteiger partial charge is 0.244 e. The van der Waals surface area contributed by atoms with E-state index in [4.69, 9.17) is 0 Å². The van der Waals surface area contributed by atoms with Crippen LogP contribution < -0.4 is 0 Å². The third-order valence-corrected chi connectivity index (χ3v) is 6.33. The summed E-state index contributed by atoms with van der Waals surface area (Å²) in [6.07, 6.45) is 4.06. The lowest BCUT2D eigenvalue weighted by molar-refractivity contribution is -0.137. The van der Waals surface area contributed by atoms with E-state index in [-0.39, 0.29) is 23.9 Å². The number of fused-ring (bicyclic) bond motifs is 1. The number of hydrogen-bond acceptors (Lipinski definition) is 4. The summed E-state index contributed by atoms with van der Waals surface area (Å²) < 4.78 is 1.78. The fourth-order valence-electron chi connectivity index (χ4n) is 4.35. The van der Waals surface area contributed by atoms with Gasteiger partial charge >= 0.3 is 0 Å². The van der Waals surface area contributed by atoms with Crippen molar-refractivity contribution < 1.29 is 9.59 Å². The number of benzene rings is 1. The molecule has 1 aromatic heterocycles. The lowest BCUT2D eigenvalue weighted by atomic mass is 9.86. The Bertz CT molecular complexity index is 863. The number of likely N-dealkylation sites (N-methyl/N-ethyl adjacent to an activating group) is 1. The van der Waals surface area contributed by atoms with Crippen molar-refractivity contribution in [2.45, 2.75) is 31.3 Å². The highest BCUT2D eigenvalue weighted by Crippen LogP contribution is 2.32. The maximum atomic E-state index is 13.0. The van der Waals surface area contributed by atoms with Gasteiger partial charge in [0.2, 0.25) is 11.8 Å². The standard InChI is InChI=1S/C20H27N5O2/c1-22-10-9-20(8-7-18(22)26)15-24(12-11-23(20)2)19(27)14-25-17-6-4-3-5-16(17)13-21-25/h3-6,13H,7-12,14-15H2,1-2H3/t20-/m1/s1. The van der Waals surface area contributed by atoms with E-state index in [1.54, 1.807) is 10.9 Å². The fraction of sp³-hybridized carbons (Fsp3) is 0.550. The SMILES string of the molecule is CN1CC[C@]2(CCC1=O)CN(C(=O)Cn1ncc3ccccc31)CCN2C. The highest BCUT2D eigenvalue weighted by atomic mass is 16.2. The van der Waals surface area contributed by atoms with E-state index in [0.717, 1.165) is 43.4 Å². The molecule has 2 amide bonds. The second-order valence-corrected chi connectivity index (χ2v) is 7.89. The molecule has 0 aliphatic carbocycles. The molecule has 3 heterocycles. The van der Waals surface area contributed by atoms with Crippen LogP contribution >= 0.6 is 0 Å². The Kier molecular flexibility index (Phi) is 4.63. The first-order chi connectivity index (χ1) is 13.0. The zero-order valence-electron chi connectivity index (χ0n) is 16.1. The van der Waals surface area contributed by atoms with E-state index >= 15 is 0 Å². The predicted molar refractivity (Wildman–Crippen MR) is 103 cm³/mol. The first-order valence-electron chi connectivity index (χ1n) is 9.62. The molecular weight excluding hydrogens is 342 g/mol. The van der Waals surface area contributed by atoms with Gasteiger partial charge in [0, 0.05) is 50.6 Å². The number of likely N-dealkylation sites (tertiary alicyclic amines) is 1. The Morgan fingerprint density at radius 1 is 1.15 bits per heavy atom. The van der Waals surface area contributed by atoms with E-state index in [0.29, 0.717) is 13.0 Å². The Hall–Kier alpha value is -2.41. The van der Waals surface area contributed by atoms with Crippen LogP contribution in [-0.4, -0.2) is 82.1 Å². The van der Waals surface area contributed by atoms with Gasteiger partial charge in [-0.2, -0.15) is 5.10 Å². The van der Waals surface area contributed by atoms with E-state index in [1.165, 1.54) is 0 Å². The van der Waals surface area contributed by atoms with E-state index in [1.807, 2.05) is 41.1 Å². The number of amides is 2. The first kappa shape index (κ1) is 18.0. The third-order valence-electron chi connectivity index (χ3n) is 6.33. The summed E-state index contributed by atoms with van der Waals surface area (Å²) >= 11 is 0. The van der Waals surface area contributed by atoms with Crippen molar-refractivity contribution >= 4 is 22.7 Å². The summed E-state index contributed by atoms with van der Waals surface area (Å²) in [6.45, 7) is 3.24. The normalized spacial score (nSPS) is 24.6. The highest BCUT2D eigenvalue weighted by Gasteiger charge is 2.42. The lowest BCUT2D eigenvalue weighted by Gasteiger charge is -2.49. The van der Waals surface area contributed by atoms with Crippen LogP contribution in [0.15, 0.2) is 30.5 Å². The van der Waals surface area contributed by atoms with Crippen molar-refractivity contribution in [1.82, 2.24) is 24.5 Å². The monoisotopic (exact) mass is 369 g/mol. The molecule has 0 bridgehead atoms. The molecule has 0 N–H and O–H groups in total. The molecule has 0 saturated carbocycles. The minimum atomic E-state index is -0.111. The van der Waals surface area contributed by atoms with Gasteiger partial charge in [0.1, 0.15) is 6.54 Å². The van der Waals surface area contributed by atoms with Crippen molar-refractivity contribution in [3.8, 4) is 0 Å². The van der Waals surface area contributed by atoms with Crippen molar-refractivity contribution in [3.05, 3.63) is 30.5 Å². The molecule has 2 aliphatic rings. The van der Waals surface area contributed by atoms with E-state index in [2.05, 4.69) is 17.0 Å². The van der Waals surface area contributed by atoms with Crippen LogP contribution in [-0.2, 0) is 16.1 Å². The Morgan fingerprint density at radius 3 is 2.81 bits per heavy atom. The largest absolute Gasteiger partial charge is 0.346 e. The molecule has 1 atom stereocenters. The number of nitrogens with zero attached hydrogens (tertiary/aromatic N) is 5. The number of rotatable bonds is 2. The zero-order valence-corrected chi connectivity index (χ0v) is 16.1. The number of hydrogen-bond donors (Lipinski definition) is 0. The van der Waals surface area contributed by atoms with Crippen LogP contribution in [0.4, 0.5) is 0 Å². The molecule has 2 fully saturated rings. The molecule has 0 unspecified atom stereocenters. The van der Waals surface area contributed by atoms with Gasteiger partial charge < -0.3 is 9.80 Å². The van der Waals surface area contributed by atoms with Crippen molar-refractivity contribution in [2.24, 2.45) is 0 Å². The topological polar surface area (TPSA) is 61.7 Å². The van der Waals surface area contributed by atoms with Crippen LogP contribution in [0, 0.1) is 0 Å². The molecule has 27 heavy (non-hydrogen) atoms. The van der Waals surface area contributed by atoms with Crippen molar-refractivity contribution in [2.75, 3.05) is 40.3 Å². The summed E-state index contributed by atoms with van der Waals surface area (Å²) in [6, 6.07) is 7.95. The van der Waals surface area contributed by atoms with Crippen LogP contribution in [0.25, 0.3) is 10.9 Å². The quantitative estimate of drug-likeness (QED) is 0.798. The van der Waals surface area contributed by atoms with Gasteiger partial charge in [0.05, 0.1) is 11.7 Å². The fourth-order valence-corrected chi connectivity index (χ4v) is 4.35. The minimum Gasteiger partial charge on any atom is -0.346 e. The second-order valence-electron chi connectivity index (χ2n) is 7.89. The zero-order chi connectivity index (χ0) is 19.0. The summed E-state index contributed by atoms with van der Waals surface area (Å²) in [5.41, 5.74) is 0.872.